The number of nitrogens with zero attached hydrogens (tertiary/aromatic N) is 5. The number of aryl methyl sites for hydroxylation is 3. The van der Waals surface area contributed by atoms with Crippen LogP contribution in [0.15, 0.2) is 43.0 Å². The van der Waals surface area contributed by atoms with Crippen molar-refractivity contribution < 1.29 is 4.79 Å². The summed E-state index contributed by atoms with van der Waals surface area (Å²) in [5.41, 5.74) is 4.13. The van der Waals surface area contributed by atoms with Crippen LogP contribution < -0.4 is 5.32 Å². The van der Waals surface area contributed by atoms with E-state index in [1.54, 1.807) is 11.0 Å². The molecule has 0 aliphatic heterocycles. The average molecular weight is 352 g/mol. The number of rotatable bonds is 7. The van der Waals surface area contributed by atoms with Gasteiger partial charge in [-0.3, -0.25) is 9.48 Å². The van der Waals surface area contributed by atoms with Crippen LogP contribution in [0.1, 0.15) is 42.8 Å². The molecule has 0 spiro atoms. The Morgan fingerprint density at radius 3 is 2.62 bits per heavy atom. The number of aromatic nitrogens is 5. The van der Waals surface area contributed by atoms with Gasteiger partial charge in [0.2, 0.25) is 5.91 Å². The Kier molecular flexibility index (Phi) is 5.46. The lowest BCUT2D eigenvalue weighted by Crippen LogP contribution is -2.26. The molecule has 136 valence electrons. The molecular formula is C19H24N6O. The molecule has 7 heteroatoms. The van der Waals surface area contributed by atoms with Crippen molar-refractivity contribution in [3.63, 3.8) is 0 Å². The molecule has 0 fully saturated rings. The summed E-state index contributed by atoms with van der Waals surface area (Å²) in [6, 6.07) is 9.94. The smallest absolute Gasteiger partial charge is 0.220 e. The molecule has 26 heavy (non-hydrogen) atoms. The van der Waals surface area contributed by atoms with Gasteiger partial charge >= 0.3 is 0 Å². The molecular weight excluding hydrogens is 328 g/mol. The number of carbonyl (C=O) groups excluding carboxylic acids is 1. The van der Waals surface area contributed by atoms with Crippen molar-refractivity contribution in [3.05, 3.63) is 59.9 Å². The normalized spacial score (nSPS) is 12.1. The molecule has 0 saturated heterocycles. The Morgan fingerprint density at radius 2 is 2.00 bits per heavy atom. The van der Waals surface area contributed by atoms with Gasteiger partial charge in [0.15, 0.2) is 0 Å². The zero-order valence-corrected chi connectivity index (χ0v) is 15.4. The minimum absolute atomic E-state index is 0.0408. The predicted octanol–water partition coefficient (Wildman–Crippen LogP) is 2.74. The van der Waals surface area contributed by atoms with Gasteiger partial charge in [0.05, 0.1) is 17.4 Å². The van der Waals surface area contributed by atoms with Crippen LogP contribution in [0.25, 0.3) is 5.69 Å². The van der Waals surface area contributed by atoms with Crippen LogP contribution in [0.2, 0.25) is 0 Å². The minimum atomic E-state index is -0.0408. The van der Waals surface area contributed by atoms with E-state index in [9.17, 15) is 4.79 Å². The van der Waals surface area contributed by atoms with E-state index < -0.39 is 0 Å². The molecule has 3 rings (SSSR count). The van der Waals surface area contributed by atoms with Gasteiger partial charge in [-0.15, -0.1) is 0 Å². The second-order valence-corrected chi connectivity index (χ2v) is 6.47. The third-order valence-corrected chi connectivity index (χ3v) is 4.33. The molecule has 1 N–H and O–H groups in total. The maximum Gasteiger partial charge on any atom is 0.220 e. The molecule has 2 aromatic heterocycles. The van der Waals surface area contributed by atoms with Crippen molar-refractivity contribution in [2.75, 3.05) is 0 Å². The van der Waals surface area contributed by atoms with E-state index in [4.69, 9.17) is 0 Å². The molecule has 1 amide bonds. The standard InChI is InChI=1S/C19H24N6O/c1-14-11-15(2)24(23-14)10-4-5-19(26)22-16(3)17-6-8-18(9-7-17)25-13-20-12-21-25/h6-9,11-13,16H,4-5,10H2,1-3H3,(H,22,26)/t16-/m0/s1. The molecule has 0 bridgehead atoms. The molecule has 7 nitrogen and oxygen atoms in total. The van der Waals surface area contributed by atoms with Crippen LogP contribution in [-0.2, 0) is 11.3 Å². The van der Waals surface area contributed by atoms with E-state index in [1.165, 1.54) is 6.33 Å². The fourth-order valence-electron chi connectivity index (χ4n) is 2.94. The van der Waals surface area contributed by atoms with Crippen molar-refractivity contribution in [1.29, 1.82) is 0 Å². The Morgan fingerprint density at radius 1 is 1.23 bits per heavy atom. The molecule has 2 heterocycles. The van der Waals surface area contributed by atoms with Crippen LogP contribution >= 0.6 is 0 Å². The van der Waals surface area contributed by atoms with Gasteiger partial charge in [0.25, 0.3) is 0 Å². The zero-order valence-electron chi connectivity index (χ0n) is 15.4. The Bertz CT molecular complexity index is 851. The van der Waals surface area contributed by atoms with Crippen molar-refractivity contribution in [2.24, 2.45) is 0 Å². The summed E-state index contributed by atoms with van der Waals surface area (Å²) in [5, 5.41) is 11.6. The molecule has 0 saturated carbocycles. The summed E-state index contributed by atoms with van der Waals surface area (Å²) in [6.45, 7) is 6.76. The van der Waals surface area contributed by atoms with Gasteiger partial charge in [-0.25, -0.2) is 9.67 Å². The Balaban J connectivity index is 1.48. The van der Waals surface area contributed by atoms with E-state index >= 15 is 0 Å². The first-order chi connectivity index (χ1) is 12.5. The first kappa shape index (κ1) is 17.8. The first-order valence-corrected chi connectivity index (χ1v) is 8.78. The summed E-state index contributed by atoms with van der Waals surface area (Å²) in [7, 11) is 0. The highest BCUT2D eigenvalue weighted by atomic mass is 16.1. The fourth-order valence-corrected chi connectivity index (χ4v) is 2.94. The van der Waals surface area contributed by atoms with Crippen LogP contribution in [-0.4, -0.2) is 30.5 Å². The Labute approximate surface area is 153 Å². The van der Waals surface area contributed by atoms with Crippen LogP contribution in [0.4, 0.5) is 0 Å². The number of carbonyl (C=O) groups is 1. The first-order valence-electron chi connectivity index (χ1n) is 8.78. The lowest BCUT2D eigenvalue weighted by atomic mass is 10.1. The number of hydrogen-bond donors (Lipinski definition) is 1. The van der Waals surface area contributed by atoms with Crippen LogP contribution in [0.3, 0.4) is 0 Å². The molecule has 3 aromatic rings. The largest absolute Gasteiger partial charge is 0.350 e. The summed E-state index contributed by atoms with van der Waals surface area (Å²) in [6.07, 6.45) is 4.41. The summed E-state index contributed by atoms with van der Waals surface area (Å²) in [5.74, 6) is 0.0550. The van der Waals surface area contributed by atoms with Gasteiger partial charge in [-0.2, -0.15) is 10.2 Å². The predicted molar refractivity (Wildman–Crippen MR) is 98.9 cm³/mol. The average Bonchev–Trinajstić information content (AvgIpc) is 3.25. The SMILES string of the molecule is Cc1cc(C)n(CCCC(=O)N[C@@H](C)c2ccc(-n3cncn3)cc2)n1. The highest BCUT2D eigenvalue weighted by molar-refractivity contribution is 5.76. The highest BCUT2D eigenvalue weighted by Gasteiger charge is 2.10. The van der Waals surface area contributed by atoms with Crippen molar-refractivity contribution in [3.8, 4) is 5.69 Å². The summed E-state index contributed by atoms with van der Waals surface area (Å²) in [4.78, 5) is 16.1. The van der Waals surface area contributed by atoms with E-state index in [2.05, 4.69) is 20.5 Å². The molecule has 0 radical (unpaired) electrons. The zero-order chi connectivity index (χ0) is 18.5. The molecule has 1 atom stereocenters. The maximum absolute atomic E-state index is 12.2. The van der Waals surface area contributed by atoms with Crippen molar-refractivity contribution in [2.45, 2.75) is 46.2 Å². The van der Waals surface area contributed by atoms with E-state index in [1.807, 2.05) is 55.8 Å². The number of benzene rings is 1. The maximum atomic E-state index is 12.2. The van der Waals surface area contributed by atoms with Crippen molar-refractivity contribution in [1.82, 2.24) is 29.9 Å². The molecule has 0 aliphatic carbocycles. The third kappa shape index (κ3) is 4.36. The van der Waals surface area contributed by atoms with Gasteiger partial charge in [-0.1, -0.05) is 12.1 Å². The molecule has 0 unspecified atom stereocenters. The van der Waals surface area contributed by atoms with Crippen LogP contribution in [0.5, 0.6) is 0 Å². The van der Waals surface area contributed by atoms with E-state index in [0.29, 0.717) is 6.42 Å². The molecule has 0 aliphatic rings. The van der Waals surface area contributed by atoms with Gasteiger partial charge in [-0.05, 0) is 51.0 Å². The molecule has 1 aromatic carbocycles. The van der Waals surface area contributed by atoms with Gasteiger partial charge in [0.1, 0.15) is 12.7 Å². The van der Waals surface area contributed by atoms with Crippen molar-refractivity contribution >= 4 is 5.91 Å². The second-order valence-electron chi connectivity index (χ2n) is 6.47. The second kappa shape index (κ2) is 7.95. The van der Waals surface area contributed by atoms with Gasteiger partial charge in [0, 0.05) is 18.7 Å². The monoisotopic (exact) mass is 352 g/mol. The fraction of sp³-hybridized carbons (Fsp3) is 0.368. The van der Waals surface area contributed by atoms with Gasteiger partial charge < -0.3 is 5.32 Å². The Hall–Kier alpha value is -2.96. The quantitative estimate of drug-likeness (QED) is 0.709. The number of nitrogens with one attached hydrogen (secondary N) is 1. The lowest BCUT2D eigenvalue weighted by molar-refractivity contribution is -0.121. The summed E-state index contributed by atoms with van der Waals surface area (Å²) >= 11 is 0. The number of hydrogen-bond acceptors (Lipinski definition) is 4. The third-order valence-electron chi connectivity index (χ3n) is 4.33. The number of amides is 1. The van der Waals surface area contributed by atoms with E-state index in [0.717, 1.165) is 35.6 Å². The summed E-state index contributed by atoms with van der Waals surface area (Å²) < 4.78 is 3.65. The topological polar surface area (TPSA) is 77.6 Å². The van der Waals surface area contributed by atoms with Crippen LogP contribution in [0, 0.1) is 13.8 Å². The highest BCUT2D eigenvalue weighted by Crippen LogP contribution is 2.15. The minimum Gasteiger partial charge on any atom is -0.350 e. The lowest BCUT2D eigenvalue weighted by Gasteiger charge is -2.15. The van der Waals surface area contributed by atoms with E-state index in [-0.39, 0.29) is 11.9 Å².